The number of imidazole rings is 1. The number of rotatable bonds is 5. The molecule has 20 heavy (non-hydrogen) atoms. The van der Waals surface area contributed by atoms with Crippen LogP contribution in [0.3, 0.4) is 0 Å². The largest absolute Gasteiger partial charge is 0.496 e. The second-order valence-electron chi connectivity index (χ2n) is 4.23. The maximum absolute atomic E-state index is 13.8. The van der Waals surface area contributed by atoms with Gasteiger partial charge >= 0.3 is 0 Å². The maximum atomic E-state index is 13.8. The number of benzene rings is 1. The summed E-state index contributed by atoms with van der Waals surface area (Å²) in [6.07, 6.45) is 3.91. The third-order valence-electron chi connectivity index (χ3n) is 2.99. The van der Waals surface area contributed by atoms with Gasteiger partial charge in [-0.25, -0.2) is 9.37 Å². The Kier molecular flexibility index (Phi) is 4.34. The number of carbonyl (C=O) groups excluding carboxylic acids is 1. The summed E-state index contributed by atoms with van der Waals surface area (Å²) >= 11 is 0. The zero-order valence-corrected chi connectivity index (χ0v) is 11.3. The van der Waals surface area contributed by atoms with Crippen molar-refractivity contribution >= 4 is 5.91 Å². The van der Waals surface area contributed by atoms with Crippen LogP contribution in [0.1, 0.15) is 35.6 Å². The van der Waals surface area contributed by atoms with E-state index in [4.69, 9.17) is 4.74 Å². The Balaban J connectivity index is 2.24. The molecule has 0 fully saturated rings. The van der Waals surface area contributed by atoms with Crippen LogP contribution in [-0.2, 0) is 0 Å². The lowest BCUT2D eigenvalue weighted by atomic mass is 10.1. The molecule has 0 aliphatic rings. The number of nitrogens with zero attached hydrogens (tertiary/aromatic N) is 1. The number of H-pyrrole nitrogens is 1. The van der Waals surface area contributed by atoms with Gasteiger partial charge in [-0.15, -0.1) is 0 Å². The molecule has 1 aromatic carbocycles. The summed E-state index contributed by atoms with van der Waals surface area (Å²) in [5.74, 6) is -0.299. The van der Waals surface area contributed by atoms with Crippen molar-refractivity contribution in [2.75, 3.05) is 7.11 Å². The van der Waals surface area contributed by atoms with Crippen LogP contribution in [0.2, 0.25) is 0 Å². The van der Waals surface area contributed by atoms with Crippen LogP contribution in [0.5, 0.6) is 5.75 Å². The van der Waals surface area contributed by atoms with E-state index in [1.165, 1.54) is 19.2 Å². The fourth-order valence-electron chi connectivity index (χ4n) is 1.96. The van der Waals surface area contributed by atoms with Crippen molar-refractivity contribution in [2.24, 2.45) is 0 Å². The van der Waals surface area contributed by atoms with E-state index in [1.54, 1.807) is 18.5 Å². The number of carbonyl (C=O) groups is 1. The van der Waals surface area contributed by atoms with Crippen molar-refractivity contribution in [2.45, 2.75) is 19.4 Å². The van der Waals surface area contributed by atoms with Gasteiger partial charge in [-0.05, 0) is 18.6 Å². The van der Waals surface area contributed by atoms with Crippen molar-refractivity contribution < 1.29 is 13.9 Å². The molecule has 106 valence electrons. The van der Waals surface area contributed by atoms with Gasteiger partial charge in [-0.1, -0.05) is 13.0 Å². The number of nitrogens with one attached hydrogen (secondary N) is 2. The molecule has 0 bridgehead atoms. The smallest absolute Gasteiger partial charge is 0.258 e. The van der Waals surface area contributed by atoms with E-state index in [1.807, 2.05) is 6.92 Å². The summed E-state index contributed by atoms with van der Waals surface area (Å²) in [6.45, 7) is 1.91. The average Bonchev–Trinajstić information content (AvgIpc) is 2.98. The summed E-state index contributed by atoms with van der Waals surface area (Å²) in [6, 6.07) is 3.97. The zero-order valence-electron chi connectivity index (χ0n) is 11.3. The lowest BCUT2D eigenvalue weighted by Gasteiger charge is -2.16. The lowest BCUT2D eigenvalue weighted by Crippen LogP contribution is -2.30. The van der Waals surface area contributed by atoms with E-state index in [2.05, 4.69) is 15.3 Å². The highest BCUT2D eigenvalue weighted by atomic mass is 19.1. The quantitative estimate of drug-likeness (QED) is 0.882. The molecule has 1 aromatic heterocycles. The molecular weight excluding hydrogens is 261 g/mol. The molecule has 2 rings (SSSR count). The molecule has 0 saturated heterocycles. The Labute approximate surface area is 116 Å². The summed E-state index contributed by atoms with van der Waals surface area (Å²) in [5.41, 5.74) is -0.0972. The van der Waals surface area contributed by atoms with Crippen LogP contribution in [0, 0.1) is 5.82 Å². The zero-order chi connectivity index (χ0) is 14.5. The number of methoxy groups -OCH3 is 1. The van der Waals surface area contributed by atoms with Gasteiger partial charge in [0.2, 0.25) is 0 Å². The van der Waals surface area contributed by atoms with Crippen molar-refractivity contribution in [1.82, 2.24) is 15.3 Å². The normalized spacial score (nSPS) is 11.9. The van der Waals surface area contributed by atoms with Gasteiger partial charge < -0.3 is 15.0 Å². The number of halogens is 1. The minimum absolute atomic E-state index is 0.0972. The predicted molar refractivity (Wildman–Crippen MR) is 72.0 cm³/mol. The number of amides is 1. The molecule has 1 unspecified atom stereocenters. The third-order valence-corrected chi connectivity index (χ3v) is 2.99. The minimum Gasteiger partial charge on any atom is -0.496 e. The van der Waals surface area contributed by atoms with Crippen molar-refractivity contribution in [3.63, 3.8) is 0 Å². The Hall–Kier alpha value is -2.37. The first-order chi connectivity index (χ1) is 9.67. The molecule has 0 saturated carbocycles. The Morgan fingerprint density at radius 3 is 2.95 bits per heavy atom. The number of aromatic amines is 1. The molecule has 6 heteroatoms. The van der Waals surface area contributed by atoms with Crippen molar-refractivity contribution in [1.29, 1.82) is 0 Å². The van der Waals surface area contributed by atoms with Gasteiger partial charge in [0.05, 0.1) is 13.2 Å². The molecule has 1 amide bonds. The van der Waals surface area contributed by atoms with Crippen molar-refractivity contribution in [3.8, 4) is 5.75 Å². The molecule has 5 nitrogen and oxygen atoms in total. The molecule has 0 aliphatic heterocycles. The third kappa shape index (κ3) is 2.79. The van der Waals surface area contributed by atoms with Gasteiger partial charge in [0.25, 0.3) is 5.91 Å². The molecule has 0 spiro atoms. The number of aromatic nitrogens is 2. The highest BCUT2D eigenvalue weighted by Gasteiger charge is 2.21. The van der Waals surface area contributed by atoms with Crippen LogP contribution in [0.15, 0.2) is 30.6 Å². The maximum Gasteiger partial charge on any atom is 0.258 e. The number of hydrogen-bond acceptors (Lipinski definition) is 3. The van der Waals surface area contributed by atoms with Crippen LogP contribution in [-0.4, -0.2) is 23.0 Å². The summed E-state index contributed by atoms with van der Waals surface area (Å²) in [5, 5.41) is 2.75. The van der Waals surface area contributed by atoms with Crippen LogP contribution in [0.25, 0.3) is 0 Å². The molecule has 0 aliphatic carbocycles. The first-order valence-electron chi connectivity index (χ1n) is 6.30. The van der Waals surface area contributed by atoms with Crippen molar-refractivity contribution in [3.05, 3.63) is 47.8 Å². The second kappa shape index (κ2) is 6.18. The minimum atomic E-state index is -0.615. The molecule has 2 aromatic rings. The van der Waals surface area contributed by atoms with E-state index in [-0.39, 0.29) is 17.4 Å². The van der Waals surface area contributed by atoms with Crippen LogP contribution in [0.4, 0.5) is 4.39 Å². The first-order valence-corrected chi connectivity index (χ1v) is 6.30. The van der Waals surface area contributed by atoms with Crippen LogP contribution >= 0.6 is 0 Å². The SMILES string of the molecule is CCC(NC(=O)c1c(F)cccc1OC)c1ncc[nH]1. The molecular formula is C14H16FN3O2. The summed E-state index contributed by atoms with van der Waals surface area (Å²) in [7, 11) is 1.40. The highest BCUT2D eigenvalue weighted by Crippen LogP contribution is 2.22. The van der Waals surface area contributed by atoms with Crippen LogP contribution < -0.4 is 10.1 Å². The molecule has 1 atom stereocenters. The lowest BCUT2D eigenvalue weighted by molar-refractivity contribution is 0.0926. The van der Waals surface area contributed by atoms with Gasteiger partial charge in [-0.3, -0.25) is 4.79 Å². The Morgan fingerprint density at radius 2 is 2.35 bits per heavy atom. The molecule has 2 N–H and O–H groups in total. The van der Waals surface area contributed by atoms with Gasteiger partial charge in [0.15, 0.2) is 0 Å². The average molecular weight is 277 g/mol. The Bertz CT molecular complexity index is 584. The monoisotopic (exact) mass is 277 g/mol. The second-order valence-corrected chi connectivity index (χ2v) is 4.23. The van der Waals surface area contributed by atoms with E-state index in [9.17, 15) is 9.18 Å². The molecule has 0 radical (unpaired) electrons. The standard InChI is InChI=1S/C14H16FN3O2/c1-3-10(13-16-7-8-17-13)18-14(19)12-9(15)5-4-6-11(12)20-2/h4-8,10H,3H2,1-2H3,(H,16,17)(H,18,19). The fraction of sp³-hybridized carbons (Fsp3) is 0.286. The van der Waals surface area contributed by atoms with Gasteiger partial charge in [0.1, 0.15) is 23.0 Å². The van der Waals surface area contributed by atoms with E-state index < -0.39 is 11.7 Å². The van der Waals surface area contributed by atoms with E-state index in [0.717, 1.165) is 0 Å². The number of hydrogen-bond donors (Lipinski definition) is 2. The fourth-order valence-corrected chi connectivity index (χ4v) is 1.96. The Morgan fingerprint density at radius 1 is 1.55 bits per heavy atom. The summed E-state index contributed by atoms with van der Waals surface area (Å²) in [4.78, 5) is 19.3. The predicted octanol–water partition coefficient (Wildman–Crippen LogP) is 2.44. The summed E-state index contributed by atoms with van der Waals surface area (Å²) < 4.78 is 18.8. The topological polar surface area (TPSA) is 67.0 Å². The van der Waals surface area contributed by atoms with E-state index in [0.29, 0.717) is 12.2 Å². The number of ether oxygens (including phenoxy) is 1. The van der Waals surface area contributed by atoms with Gasteiger partial charge in [0, 0.05) is 12.4 Å². The van der Waals surface area contributed by atoms with E-state index >= 15 is 0 Å². The van der Waals surface area contributed by atoms with Gasteiger partial charge in [-0.2, -0.15) is 0 Å². The first kappa shape index (κ1) is 14.0. The molecule has 1 heterocycles. The highest BCUT2D eigenvalue weighted by molar-refractivity contribution is 5.97.